The Morgan fingerprint density at radius 2 is 1.80 bits per heavy atom. The van der Waals surface area contributed by atoms with Crippen LogP contribution in [0.1, 0.15) is 5.56 Å². The summed E-state index contributed by atoms with van der Waals surface area (Å²) in [7, 11) is 2.71. The highest BCUT2D eigenvalue weighted by molar-refractivity contribution is 5.82. The average Bonchev–Trinajstić information content (AvgIpc) is 2.48. The minimum atomic E-state index is -0.607. The van der Waals surface area contributed by atoms with E-state index in [2.05, 4.69) is 10.5 Å². The van der Waals surface area contributed by atoms with Gasteiger partial charge in [-0.3, -0.25) is 19.4 Å². The Morgan fingerprint density at radius 3 is 2.45 bits per heavy atom. The van der Waals surface area contributed by atoms with E-state index < -0.39 is 17.1 Å². The van der Waals surface area contributed by atoms with Crippen LogP contribution in [0.25, 0.3) is 0 Å². The highest BCUT2D eigenvalue weighted by Crippen LogP contribution is 2.07. The molecule has 0 fully saturated rings. The fourth-order valence-corrected chi connectivity index (χ4v) is 1.66. The third kappa shape index (κ3) is 2.46. The number of anilines is 1. The van der Waals surface area contributed by atoms with E-state index in [1.54, 1.807) is 12.1 Å². The molecule has 0 unspecified atom stereocenters. The number of aromatic hydroxyl groups is 1. The van der Waals surface area contributed by atoms with Crippen molar-refractivity contribution in [2.24, 2.45) is 19.2 Å². The van der Waals surface area contributed by atoms with Gasteiger partial charge in [-0.05, 0) is 12.1 Å². The van der Waals surface area contributed by atoms with Crippen molar-refractivity contribution in [3.63, 3.8) is 0 Å². The van der Waals surface area contributed by atoms with Crippen LogP contribution in [0.4, 0.5) is 5.69 Å². The number of hydrogen-bond donors (Lipinski definition) is 2. The fourth-order valence-electron chi connectivity index (χ4n) is 1.66. The SMILES string of the molecule is Cn1c(O)c(/C=N/Nc2ccccc2)c(=O)n(C)c1=O. The molecule has 0 bridgehead atoms. The number of nitrogens with one attached hydrogen (secondary N) is 1. The molecule has 0 aliphatic heterocycles. The van der Waals surface area contributed by atoms with Crippen molar-refractivity contribution >= 4 is 11.9 Å². The Balaban J connectivity index is 2.35. The van der Waals surface area contributed by atoms with Gasteiger partial charge in [0.15, 0.2) is 0 Å². The molecule has 1 aromatic carbocycles. The first kappa shape index (κ1) is 13.6. The van der Waals surface area contributed by atoms with Crippen molar-refractivity contribution in [2.75, 3.05) is 5.43 Å². The average molecular weight is 274 g/mol. The molecular weight excluding hydrogens is 260 g/mol. The van der Waals surface area contributed by atoms with Crippen LogP contribution in [-0.2, 0) is 14.1 Å². The Morgan fingerprint density at radius 1 is 1.15 bits per heavy atom. The van der Waals surface area contributed by atoms with Crippen molar-refractivity contribution in [3.8, 4) is 5.88 Å². The molecule has 2 aromatic rings. The van der Waals surface area contributed by atoms with E-state index in [0.717, 1.165) is 14.8 Å². The van der Waals surface area contributed by atoms with Crippen LogP contribution in [0.2, 0.25) is 0 Å². The normalized spacial score (nSPS) is 10.9. The highest BCUT2D eigenvalue weighted by Gasteiger charge is 2.12. The Labute approximate surface area is 114 Å². The van der Waals surface area contributed by atoms with Crippen LogP contribution >= 0.6 is 0 Å². The van der Waals surface area contributed by atoms with Crippen LogP contribution in [0.3, 0.4) is 0 Å². The first-order chi connectivity index (χ1) is 9.52. The summed E-state index contributed by atoms with van der Waals surface area (Å²) >= 11 is 0. The van der Waals surface area contributed by atoms with E-state index in [1.165, 1.54) is 20.3 Å². The molecule has 0 amide bonds. The van der Waals surface area contributed by atoms with Gasteiger partial charge in [0.25, 0.3) is 5.56 Å². The summed E-state index contributed by atoms with van der Waals surface area (Å²) < 4.78 is 1.88. The first-order valence-electron chi connectivity index (χ1n) is 5.85. The Kier molecular flexibility index (Phi) is 3.69. The third-order valence-electron chi connectivity index (χ3n) is 2.83. The second-order valence-corrected chi connectivity index (χ2v) is 4.18. The Hall–Kier alpha value is -2.83. The topological polar surface area (TPSA) is 88.6 Å². The summed E-state index contributed by atoms with van der Waals surface area (Å²) in [5.41, 5.74) is 2.20. The maximum atomic E-state index is 11.9. The second kappa shape index (κ2) is 5.43. The van der Waals surface area contributed by atoms with Gasteiger partial charge in [-0.15, -0.1) is 0 Å². The lowest BCUT2D eigenvalue weighted by molar-refractivity contribution is 0.410. The summed E-state index contributed by atoms with van der Waals surface area (Å²) in [4.78, 5) is 23.4. The van der Waals surface area contributed by atoms with Gasteiger partial charge in [0.05, 0.1) is 11.9 Å². The third-order valence-corrected chi connectivity index (χ3v) is 2.83. The van der Waals surface area contributed by atoms with Gasteiger partial charge >= 0.3 is 5.69 Å². The lowest BCUT2D eigenvalue weighted by Gasteiger charge is -2.07. The Bertz CT molecular complexity index is 760. The standard InChI is InChI=1S/C13H14N4O3/c1-16-11(18)10(12(19)17(2)13(16)20)8-14-15-9-6-4-3-5-7-9/h3-8,15,18H,1-2H3/b14-8+. The van der Waals surface area contributed by atoms with E-state index in [0.29, 0.717) is 0 Å². The largest absolute Gasteiger partial charge is 0.494 e. The predicted molar refractivity (Wildman–Crippen MR) is 76.2 cm³/mol. The zero-order valence-corrected chi connectivity index (χ0v) is 11.1. The minimum Gasteiger partial charge on any atom is -0.494 e. The van der Waals surface area contributed by atoms with Gasteiger partial charge in [-0.25, -0.2) is 4.79 Å². The van der Waals surface area contributed by atoms with E-state index in [1.807, 2.05) is 18.2 Å². The zero-order chi connectivity index (χ0) is 14.7. The van der Waals surface area contributed by atoms with E-state index in [9.17, 15) is 14.7 Å². The first-order valence-corrected chi connectivity index (χ1v) is 5.85. The van der Waals surface area contributed by atoms with Gasteiger partial charge in [0.1, 0.15) is 5.56 Å². The second-order valence-electron chi connectivity index (χ2n) is 4.18. The molecule has 7 heteroatoms. The van der Waals surface area contributed by atoms with Gasteiger partial charge in [-0.1, -0.05) is 18.2 Å². The van der Waals surface area contributed by atoms with Gasteiger partial charge in [0, 0.05) is 14.1 Å². The quantitative estimate of drug-likeness (QED) is 0.619. The van der Waals surface area contributed by atoms with Crippen LogP contribution in [0.15, 0.2) is 45.0 Å². The summed E-state index contributed by atoms with van der Waals surface area (Å²) in [5, 5.41) is 13.7. The molecule has 0 radical (unpaired) electrons. The number of nitrogens with zero attached hydrogens (tertiary/aromatic N) is 3. The zero-order valence-electron chi connectivity index (χ0n) is 11.1. The smallest absolute Gasteiger partial charge is 0.333 e. The number of aromatic nitrogens is 2. The van der Waals surface area contributed by atoms with E-state index in [-0.39, 0.29) is 5.56 Å². The molecule has 2 rings (SSSR count). The number of hydrazone groups is 1. The fraction of sp³-hybridized carbons (Fsp3) is 0.154. The molecule has 0 aliphatic rings. The molecule has 104 valence electrons. The van der Waals surface area contributed by atoms with Crippen LogP contribution in [-0.4, -0.2) is 20.5 Å². The summed E-state index contributed by atoms with van der Waals surface area (Å²) in [6.45, 7) is 0. The van der Waals surface area contributed by atoms with Crippen LogP contribution in [0, 0.1) is 0 Å². The molecule has 0 saturated heterocycles. The molecule has 0 spiro atoms. The van der Waals surface area contributed by atoms with Crippen molar-refractivity contribution < 1.29 is 5.11 Å². The summed E-state index contributed by atoms with van der Waals surface area (Å²) in [5.74, 6) is -0.420. The summed E-state index contributed by atoms with van der Waals surface area (Å²) in [6.07, 6.45) is 1.18. The maximum absolute atomic E-state index is 11.9. The van der Waals surface area contributed by atoms with E-state index >= 15 is 0 Å². The summed E-state index contributed by atoms with van der Waals surface area (Å²) in [6, 6.07) is 9.14. The van der Waals surface area contributed by atoms with Crippen molar-refractivity contribution in [1.29, 1.82) is 0 Å². The molecule has 0 aliphatic carbocycles. The van der Waals surface area contributed by atoms with Crippen LogP contribution in [0.5, 0.6) is 5.88 Å². The molecule has 20 heavy (non-hydrogen) atoms. The van der Waals surface area contributed by atoms with Gasteiger partial charge in [-0.2, -0.15) is 5.10 Å². The lowest BCUT2D eigenvalue weighted by atomic mass is 10.3. The molecule has 0 atom stereocenters. The minimum absolute atomic E-state index is 0.0574. The molecule has 7 nitrogen and oxygen atoms in total. The van der Waals surface area contributed by atoms with Crippen molar-refractivity contribution in [3.05, 3.63) is 56.7 Å². The van der Waals surface area contributed by atoms with Gasteiger partial charge in [0.2, 0.25) is 5.88 Å². The van der Waals surface area contributed by atoms with E-state index in [4.69, 9.17) is 0 Å². The number of para-hydroxylation sites is 1. The number of benzene rings is 1. The predicted octanol–water partition coefficient (Wildman–Crippen LogP) is 0.236. The molecular formula is C13H14N4O3. The monoisotopic (exact) mass is 274 g/mol. The molecule has 1 heterocycles. The van der Waals surface area contributed by atoms with Crippen molar-refractivity contribution in [1.82, 2.24) is 9.13 Å². The van der Waals surface area contributed by atoms with Gasteiger partial charge < -0.3 is 5.11 Å². The maximum Gasteiger partial charge on any atom is 0.333 e. The highest BCUT2D eigenvalue weighted by atomic mass is 16.3. The number of rotatable bonds is 3. The van der Waals surface area contributed by atoms with Crippen molar-refractivity contribution in [2.45, 2.75) is 0 Å². The van der Waals surface area contributed by atoms with Crippen LogP contribution < -0.4 is 16.7 Å². The molecule has 2 N–H and O–H groups in total. The molecule has 0 saturated carbocycles. The lowest BCUT2D eigenvalue weighted by Crippen LogP contribution is -2.38. The molecule has 1 aromatic heterocycles. The number of hydrogen-bond acceptors (Lipinski definition) is 5.